The summed E-state index contributed by atoms with van der Waals surface area (Å²) in [5.41, 5.74) is 16.1. The third kappa shape index (κ3) is 9.16. The van der Waals surface area contributed by atoms with Crippen molar-refractivity contribution in [1.82, 2.24) is 0 Å². The summed E-state index contributed by atoms with van der Waals surface area (Å²) in [6.45, 7) is 8.21. The molecule has 2 aliphatic carbocycles. The monoisotopic (exact) mass is 911 g/mol. The van der Waals surface area contributed by atoms with Gasteiger partial charge in [-0.25, -0.2) is 0 Å². The van der Waals surface area contributed by atoms with Gasteiger partial charge in [0.05, 0.1) is 0 Å². The Morgan fingerprint density at radius 2 is 1.21 bits per heavy atom. The van der Waals surface area contributed by atoms with Crippen molar-refractivity contribution in [3.8, 4) is 21.6 Å². The predicted molar refractivity (Wildman–Crippen MR) is 301 cm³/mol. The number of hydrogen-bond acceptors (Lipinski definition) is 3. The average Bonchev–Trinajstić information content (AvgIpc) is 3.63. The largest absolute Gasteiger partial charge is 0.311 e. The highest BCUT2D eigenvalue weighted by Gasteiger charge is 2.23. The molecule has 0 atom stereocenters. The average molecular weight is 912 g/mol. The third-order valence-corrected chi connectivity index (χ3v) is 15.1. The molecular weight excluding hydrogens is 859 g/mol. The summed E-state index contributed by atoms with van der Waals surface area (Å²) in [7, 11) is 0. The topological polar surface area (TPSA) is 3.24 Å². The van der Waals surface area contributed by atoms with Crippen LogP contribution in [0.5, 0.6) is 0 Å². The normalized spacial score (nSPS) is 13.1. The summed E-state index contributed by atoms with van der Waals surface area (Å²) in [4.78, 5) is 6.16. The Morgan fingerprint density at radius 1 is 0.574 bits per heavy atom. The van der Waals surface area contributed by atoms with E-state index in [-0.39, 0.29) is 0 Å². The summed E-state index contributed by atoms with van der Waals surface area (Å²) in [5, 5.41) is 5.02. The fourth-order valence-electron chi connectivity index (χ4n) is 9.51. The molecule has 0 spiro atoms. The number of rotatable bonds is 11. The van der Waals surface area contributed by atoms with Gasteiger partial charge in [-0.1, -0.05) is 184 Å². The summed E-state index contributed by atoms with van der Waals surface area (Å²) in [5.74, 6) is 0.865. The van der Waals surface area contributed by atoms with Crippen LogP contribution in [-0.2, 0) is 12.2 Å². The van der Waals surface area contributed by atoms with Crippen molar-refractivity contribution in [2.24, 2.45) is 0 Å². The van der Waals surface area contributed by atoms with Gasteiger partial charge in [-0.05, 0) is 163 Å². The first-order valence-corrected chi connectivity index (χ1v) is 25.5. The van der Waals surface area contributed by atoms with Gasteiger partial charge in [0.25, 0.3) is 0 Å². The Balaban J connectivity index is 0.00000266. The fraction of sp³-hybridized carbons (Fsp3) is 0.0769. The van der Waals surface area contributed by atoms with E-state index in [0.717, 1.165) is 35.7 Å². The van der Waals surface area contributed by atoms with Gasteiger partial charge in [-0.2, -0.15) is 0 Å². The van der Waals surface area contributed by atoms with Crippen LogP contribution in [0.15, 0.2) is 235 Å². The molecule has 0 aliphatic heterocycles. The molecule has 3 heteroatoms. The van der Waals surface area contributed by atoms with Crippen molar-refractivity contribution in [2.75, 3.05) is 4.90 Å². The maximum absolute atomic E-state index is 4.21. The van der Waals surface area contributed by atoms with E-state index >= 15 is 0 Å². The van der Waals surface area contributed by atoms with Crippen LogP contribution in [0.4, 0.5) is 17.1 Å². The summed E-state index contributed by atoms with van der Waals surface area (Å²) >= 11 is 3.78. The highest BCUT2D eigenvalue weighted by atomic mass is 32.2. The van der Waals surface area contributed by atoms with E-state index in [1.165, 1.54) is 91.9 Å². The number of thioether (sulfide) groups is 1. The molecule has 68 heavy (non-hydrogen) atoms. The second-order valence-electron chi connectivity index (χ2n) is 16.7. The summed E-state index contributed by atoms with van der Waals surface area (Å²) in [6, 6.07) is 68.2. The first kappa shape index (κ1) is 44.4. The standard InChI is InChI=1S/C63H47NS2.C2H6/c1-2-17-60(65-43-55-38-39-61(66-55)46-34-36-54(37-35-46)64(52-25-5-3-6-26-52)53-27-7-4-8-28-53)49-23-16-31-58-59(42-49)63(50-24-15-22-44-18-9-11-20-47(44)40-50)57-30-14-13-29-56(57)62(58)51-33-32-45-19-10-12-21-48(45)41-51;1-2/h2-21,24-42H,1,22-23,43H2;1-2H3/b60-17-;. The van der Waals surface area contributed by atoms with E-state index in [1.807, 2.05) is 43.0 Å². The lowest BCUT2D eigenvalue weighted by Gasteiger charge is -2.25. The maximum atomic E-state index is 4.21. The highest BCUT2D eigenvalue weighted by molar-refractivity contribution is 8.02. The number of hydrogen-bond donors (Lipinski definition) is 0. The molecule has 0 bridgehead atoms. The molecular formula is C65H53NS2. The van der Waals surface area contributed by atoms with E-state index in [2.05, 4.69) is 242 Å². The zero-order valence-corrected chi connectivity index (χ0v) is 40.2. The molecule has 0 amide bonds. The number of para-hydroxylation sites is 2. The Hall–Kier alpha value is -7.43. The zero-order valence-electron chi connectivity index (χ0n) is 38.6. The van der Waals surface area contributed by atoms with Crippen molar-refractivity contribution in [3.63, 3.8) is 0 Å². The van der Waals surface area contributed by atoms with E-state index < -0.39 is 0 Å². The molecule has 0 fully saturated rings. The number of anilines is 3. The van der Waals surface area contributed by atoms with Crippen molar-refractivity contribution < 1.29 is 0 Å². The van der Waals surface area contributed by atoms with Crippen LogP contribution < -0.4 is 4.90 Å². The Bertz CT molecular complexity index is 3380. The van der Waals surface area contributed by atoms with Gasteiger partial charge in [-0.15, -0.1) is 23.1 Å². The SMILES string of the molecule is C=C/C=C(\SCc1ccc(-c2ccc(N(c3ccccc3)c3ccccc3)cc2)s1)C1=Cc2c(c(-c3ccc4ccccc4c3)c3ccccc3c2C2=Cc3ccccc3CC=C2)C=CC1.CC. The van der Waals surface area contributed by atoms with Gasteiger partial charge in [0.1, 0.15) is 0 Å². The van der Waals surface area contributed by atoms with E-state index in [4.69, 9.17) is 0 Å². The van der Waals surface area contributed by atoms with Crippen molar-refractivity contribution in [2.45, 2.75) is 32.4 Å². The van der Waals surface area contributed by atoms with Crippen LogP contribution in [0.25, 0.3) is 66.9 Å². The molecule has 2 aliphatic rings. The van der Waals surface area contributed by atoms with Crippen molar-refractivity contribution in [3.05, 3.63) is 268 Å². The minimum atomic E-state index is 0.817. The molecule has 0 saturated heterocycles. The van der Waals surface area contributed by atoms with E-state index in [9.17, 15) is 0 Å². The Morgan fingerprint density at radius 3 is 1.96 bits per heavy atom. The summed E-state index contributed by atoms with van der Waals surface area (Å²) in [6.07, 6.45) is 20.2. The van der Waals surface area contributed by atoms with Crippen LogP contribution in [-0.4, -0.2) is 0 Å². The van der Waals surface area contributed by atoms with Crippen LogP contribution in [0.3, 0.4) is 0 Å². The van der Waals surface area contributed by atoms with Crippen LogP contribution >= 0.6 is 23.1 Å². The molecule has 330 valence electrons. The van der Waals surface area contributed by atoms with Gasteiger partial charge < -0.3 is 4.90 Å². The first-order chi connectivity index (χ1) is 33.7. The molecule has 0 saturated carbocycles. The first-order valence-electron chi connectivity index (χ1n) is 23.7. The maximum Gasteiger partial charge on any atom is 0.0462 e. The summed E-state index contributed by atoms with van der Waals surface area (Å²) < 4.78 is 0. The second kappa shape index (κ2) is 20.6. The highest BCUT2D eigenvalue weighted by Crippen LogP contribution is 2.47. The molecule has 0 radical (unpaired) electrons. The zero-order chi connectivity index (χ0) is 46.2. The van der Waals surface area contributed by atoms with Gasteiger partial charge in [0.2, 0.25) is 0 Å². The Kier molecular flexibility index (Phi) is 13.5. The number of benzene rings is 8. The van der Waals surface area contributed by atoms with Crippen LogP contribution in [0.1, 0.15) is 53.0 Å². The van der Waals surface area contributed by atoms with Crippen LogP contribution in [0, 0.1) is 0 Å². The molecule has 9 aromatic rings. The fourth-order valence-corrected chi connectivity index (χ4v) is 11.6. The molecule has 1 aromatic heterocycles. The molecule has 0 unspecified atom stereocenters. The molecule has 8 aromatic carbocycles. The van der Waals surface area contributed by atoms with E-state index in [1.54, 1.807) is 0 Å². The lowest BCUT2D eigenvalue weighted by molar-refractivity contribution is 1.27. The van der Waals surface area contributed by atoms with Gasteiger partial charge in [-0.3, -0.25) is 0 Å². The van der Waals surface area contributed by atoms with Gasteiger partial charge in [0, 0.05) is 37.5 Å². The second-order valence-corrected chi connectivity index (χ2v) is 18.9. The number of nitrogens with zero attached hydrogens (tertiary/aromatic N) is 1. The minimum Gasteiger partial charge on any atom is -0.311 e. The Labute approximate surface area is 410 Å². The van der Waals surface area contributed by atoms with Crippen molar-refractivity contribution >= 4 is 85.5 Å². The quantitative estimate of drug-likeness (QED) is 0.119. The smallest absolute Gasteiger partial charge is 0.0462 e. The lowest BCUT2D eigenvalue weighted by Crippen LogP contribution is -2.09. The molecule has 0 N–H and O–H groups in total. The lowest BCUT2D eigenvalue weighted by atomic mass is 9.82. The predicted octanol–water partition coefficient (Wildman–Crippen LogP) is 19.3. The molecule has 11 rings (SSSR count). The number of thiophene rings is 1. The minimum absolute atomic E-state index is 0.817. The number of allylic oxidation sites excluding steroid dienone is 7. The third-order valence-electron chi connectivity index (χ3n) is 12.6. The van der Waals surface area contributed by atoms with Gasteiger partial charge >= 0.3 is 0 Å². The van der Waals surface area contributed by atoms with Gasteiger partial charge in [0.15, 0.2) is 0 Å². The van der Waals surface area contributed by atoms with E-state index in [0.29, 0.717) is 0 Å². The molecule has 1 heterocycles. The van der Waals surface area contributed by atoms with Crippen LogP contribution in [0.2, 0.25) is 0 Å². The number of fused-ring (bicyclic) bond motifs is 4. The molecule has 1 nitrogen and oxygen atoms in total. The van der Waals surface area contributed by atoms with Crippen molar-refractivity contribution in [1.29, 1.82) is 0 Å².